The van der Waals surface area contributed by atoms with E-state index in [0.717, 1.165) is 13.0 Å². The lowest BCUT2D eigenvalue weighted by Gasteiger charge is -2.19. The van der Waals surface area contributed by atoms with Gasteiger partial charge in [0, 0.05) is 6.66 Å². The van der Waals surface area contributed by atoms with Gasteiger partial charge in [0.25, 0.3) is 0 Å². The van der Waals surface area contributed by atoms with Gasteiger partial charge in [0.2, 0.25) is 0 Å². The van der Waals surface area contributed by atoms with Gasteiger partial charge in [-0.05, 0) is 40.9 Å². The third-order valence-corrected chi connectivity index (χ3v) is 3.91. The van der Waals surface area contributed by atoms with E-state index in [4.69, 9.17) is 18.5 Å². The van der Waals surface area contributed by atoms with Gasteiger partial charge < -0.3 is 23.4 Å². The summed E-state index contributed by atoms with van der Waals surface area (Å²) in [6.45, 7) is 7.18. The van der Waals surface area contributed by atoms with Crippen LogP contribution in [0.3, 0.4) is 0 Å². The number of hydrogen-bond donors (Lipinski definition) is 0. The summed E-state index contributed by atoms with van der Waals surface area (Å²) in [4.78, 5) is 2.05. The minimum atomic E-state index is -3.00. The number of hydrogen-bond acceptors (Lipinski definition) is 6. The molecule has 0 aromatic heterocycles. The van der Waals surface area contributed by atoms with Gasteiger partial charge in [-0.3, -0.25) is 4.57 Å². The summed E-state index contributed by atoms with van der Waals surface area (Å²) < 4.78 is 33.6. The molecule has 0 saturated carbocycles. The van der Waals surface area contributed by atoms with Gasteiger partial charge in [-0.15, -0.1) is 0 Å². The van der Waals surface area contributed by atoms with Crippen LogP contribution in [0.5, 0.6) is 0 Å². The van der Waals surface area contributed by atoms with Crippen LogP contribution in [0.25, 0.3) is 0 Å². The van der Waals surface area contributed by atoms with Crippen LogP contribution >= 0.6 is 7.60 Å². The summed E-state index contributed by atoms with van der Waals surface area (Å²) in [6, 6.07) is 0. The van der Waals surface area contributed by atoms with E-state index in [2.05, 4.69) is 4.90 Å². The van der Waals surface area contributed by atoms with Crippen molar-refractivity contribution in [1.29, 1.82) is 0 Å². The second kappa shape index (κ2) is 7.16. The molecule has 1 saturated heterocycles. The number of rotatable bonds is 8. The zero-order valence-electron chi connectivity index (χ0n) is 12.5. The van der Waals surface area contributed by atoms with Crippen LogP contribution in [-0.2, 0) is 23.1 Å². The largest absolute Gasteiger partial charge is 0.348 e. The smallest absolute Gasteiger partial charge is 0.327 e. The average Bonchev–Trinajstić information content (AvgIpc) is 2.62. The van der Waals surface area contributed by atoms with Crippen molar-refractivity contribution >= 4 is 7.60 Å². The van der Waals surface area contributed by atoms with Gasteiger partial charge in [-0.25, -0.2) is 0 Å². The molecule has 0 aromatic carbocycles. The SMILES string of the molecule is CN(C)CCCOP(C)(=O)OCC1COC(C)(C)O1. The lowest BCUT2D eigenvalue weighted by atomic mass is 10.4. The quantitative estimate of drug-likeness (QED) is 0.504. The molecule has 1 fully saturated rings. The van der Waals surface area contributed by atoms with Crippen molar-refractivity contribution < 1.29 is 23.1 Å². The van der Waals surface area contributed by atoms with Crippen LogP contribution in [0.15, 0.2) is 0 Å². The topological polar surface area (TPSA) is 57.2 Å². The highest BCUT2D eigenvalue weighted by Gasteiger charge is 2.34. The van der Waals surface area contributed by atoms with E-state index in [1.807, 2.05) is 27.9 Å². The molecular weight excluding hydrogens is 269 g/mol. The first-order valence-electron chi connectivity index (χ1n) is 6.53. The molecule has 1 aliphatic heterocycles. The second-order valence-electron chi connectivity index (χ2n) is 5.51. The zero-order chi connectivity index (χ0) is 14.5. The van der Waals surface area contributed by atoms with Crippen LogP contribution in [-0.4, -0.2) is 63.9 Å². The summed E-state index contributed by atoms with van der Waals surface area (Å²) in [6.07, 6.45) is 0.637. The van der Waals surface area contributed by atoms with Crippen LogP contribution in [0.2, 0.25) is 0 Å². The Morgan fingerprint density at radius 3 is 2.58 bits per heavy atom. The Kier molecular flexibility index (Phi) is 6.43. The molecule has 0 aliphatic carbocycles. The minimum Gasteiger partial charge on any atom is -0.348 e. The summed E-state index contributed by atoms with van der Waals surface area (Å²) in [7, 11) is 0.974. The molecule has 1 rings (SSSR count). The second-order valence-corrected chi connectivity index (χ2v) is 7.57. The first-order valence-corrected chi connectivity index (χ1v) is 8.52. The molecule has 0 bridgehead atoms. The van der Waals surface area contributed by atoms with Crippen molar-refractivity contribution in [3.8, 4) is 0 Å². The van der Waals surface area contributed by atoms with Gasteiger partial charge in [0.15, 0.2) is 5.79 Å². The monoisotopic (exact) mass is 295 g/mol. The molecule has 6 nitrogen and oxygen atoms in total. The molecule has 0 radical (unpaired) electrons. The molecule has 114 valence electrons. The van der Waals surface area contributed by atoms with Crippen molar-refractivity contribution in [2.75, 3.05) is 47.1 Å². The van der Waals surface area contributed by atoms with Crippen LogP contribution < -0.4 is 0 Å². The van der Waals surface area contributed by atoms with E-state index in [-0.39, 0.29) is 12.7 Å². The summed E-state index contributed by atoms with van der Waals surface area (Å²) in [5.74, 6) is -0.585. The van der Waals surface area contributed by atoms with E-state index >= 15 is 0 Å². The fourth-order valence-electron chi connectivity index (χ4n) is 1.71. The molecule has 2 atom stereocenters. The molecule has 0 spiro atoms. The zero-order valence-corrected chi connectivity index (χ0v) is 13.4. The van der Waals surface area contributed by atoms with Gasteiger partial charge in [-0.1, -0.05) is 0 Å². The standard InChI is InChI=1S/C12H26NO5P/c1-12(2)15-9-11(18-12)10-17-19(5,14)16-8-6-7-13(3)4/h11H,6-10H2,1-5H3. The molecule has 19 heavy (non-hydrogen) atoms. The minimum absolute atomic E-state index is 0.186. The fourth-order valence-corrected chi connectivity index (χ4v) is 2.68. The predicted molar refractivity (Wildman–Crippen MR) is 73.5 cm³/mol. The maximum Gasteiger partial charge on any atom is 0.327 e. The average molecular weight is 295 g/mol. The van der Waals surface area contributed by atoms with Crippen LogP contribution in [0, 0.1) is 0 Å². The molecule has 2 unspecified atom stereocenters. The molecule has 0 N–H and O–H groups in total. The van der Waals surface area contributed by atoms with E-state index in [1.165, 1.54) is 6.66 Å². The number of nitrogens with zero attached hydrogens (tertiary/aromatic N) is 1. The Hall–Kier alpha value is 0.0300. The van der Waals surface area contributed by atoms with Crippen molar-refractivity contribution in [2.45, 2.75) is 32.2 Å². The Morgan fingerprint density at radius 2 is 2.05 bits per heavy atom. The van der Waals surface area contributed by atoms with E-state index in [9.17, 15) is 4.57 Å². The molecular formula is C12H26NO5P. The molecule has 0 amide bonds. The summed E-state index contributed by atoms with van der Waals surface area (Å²) in [5, 5.41) is 0. The summed E-state index contributed by atoms with van der Waals surface area (Å²) >= 11 is 0. The van der Waals surface area contributed by atoms with Gasteiger partial charge >= 0.3 is 7.60 Å². The molecule has 1 aliphatic rings. The van der Waals surface area contributed by atoms with Crippen LogP contribution in [0.1, 0.15) is 20.3 Å². The highest BCUT2D eigenvalue weighted by molar-refractivity contribution is 7.52. The molecule has 1 heterocycles. The van der Waals surface area contributed by atoms with Crippen molar-refractivity contribution in [2.24, 2.45) is 0 Å². The molecule has 7 heteroatoms. The Morgan fingerprint density at radius 1 is 1.37 bits per heavy atom. The lowest BCUT2D eigenvalue weighted by Crippen LogP contribution is -2.23. The Labute approximate surface area is 115 Å². The maximum atomic E-state index is 12.0. The third-order valence-electron chi connectivity index (χ3n) is 2.64. The van der Waals surface area contributed by atoms with E-state index in [0.29, 0.717) is 13.2 Å². The lowest BCUT2D eigenvalue weighted by molar-refractivity contribution is -0.141. The fraction of sp³-hybridized carbons (Fsp3) is 1.00. The Bertz CT molecular complexity index is 321. The molecule has 0 aromatic rings. The van der Waals surface area contributed by atoms with Crippen LogP contribution in [0.4, 0.5) is 0 Å². The van der Waals surface area contributed by atoms with Gasteiger partial charge in [0.05, 0.1) is 19.8 Å². The number of ether oxygens (including phenoxy) is 2. The van der Waals surface area contributed by atoms with Gasteiger partial charge in [0.1, 0.15) is 6.10 Å². The summed E-state index contributed by atoms with van der Waals surface area (Å²) in [5.41, 5.74) is 0. The normalized spacial score (nSPS) is 25.7. The highest BCUT2D eigenvalue weighted by atomic mass is 31.2. The Balaban J connectivity index is 2.18. The van der Waals surface area contributed by atoms with Crippen molar-refractivity contribution in [1.82, 2.24) is 4.90 Å². The van der Waals surface area contributed by atoms with Crippen molar-refractivity contribution in [3.63, 3.8) is 0 Å². The van der Waals surface area contributed by atoms with E-state index < -0.39 is 13.4 Å². The maximum absolute atomic E-state index is 12.0. The van der Waals surface area contributed by atoms with Crippen molar-refractivity contribution in [3.05, 3.63) is 0 Å². The van der Waals surface area contributed by atoms with Gasteiger partial charge in [-0.2, -0.15) is 0 Å². The first-order chi connectivity index (χ1) is 8.70. The van der Waals surface area contributed by atoms with E-state index in [1.54, 1.807) is 0 Å². The first kappa shape index (κ1) is 17.1. The predicted octanol–water partition coefficient (Wildman–Crippen LogP) is 1.95. The third kappa shape index (κ3) is 7.40. The highest BCUT2D eigenvalue weighted by Crippen LogP contribution is 2.44.